The van der Waals surface area contributed by atoms with Gasteiger partial charge in [0.1, 0.15) is 0 Å². The van der Waals surface area contributed by atoms with E-state index in [0.29, 0.717) is 11.9 Å². The molecule has 6 rings (SSSR count). The zero-order valence-electron chi connectivity index (χ0n) is 16.4. The molecular formula is C21H30FN5O. The van der Waals surface area contributed by atoms with Gasteiger partial charge in [0.05, 0.1) is 12.4 Å². The first-order valence-electron chi connectivity index (χ1n) is 10.8. The van der Waals surface area contributed by atoms with E-state index in [4.69, 9.17) is 0 Å². The summed E-state index contributed by atoms with van der Waals surface area (Å²) in [6.45, 7) is 5.09. The van der Waals surface area contributed by atoms with Crippen LogP contribution in [0.2, 0.25) is 0 Å². The fourth-order valence-electron chi connectivity index (χ4n) is 6.54. The molecule has 6 nitrogen and oxygen atoms in total. The van der Waals surface area contributed by atoms with E-state index in [1.165, 1.54) is 31.7 Å². The number of nitrogens with zero attached hydrogens (tertiary/aromatic N) is 4. The number of anilines is 1. The van der Waals surface area contributed by atoms with E-state index in [2.05, 4.69) is 25.1 Å². The Kier molecular flexibility index (Phi) is 4.73. The summed E-state index contributed by atoms with van der Waals surface area (Å²) in [4.78, 5) is 25.6. The Balaban J connectivity index is 1.08. The fraction of sp³-hybridized carbons (Fsp3) is 0.762. The van der Waals surface area contributed by atoms with Crippen molar-refractivity contribution in [1.29, 1.82) is 0 Å². The van der Waals surface area contributed by atoms with Crippen molar-refractivity contribution in [2.45, 2.75) is 38.5 Å². The van der Waals surface area contributed by atoms with Gasteiger partial charge in [-0.1, -0.05) is 0 Å². The molecule has 1 aliphatic heterocycles. The summed E-state index contributed by atoms with van der Waals surface area (Å²) in [7, 11) is 0. The maximum absolute atomic E-state index is 13.0. The van der Waals surface area contributed by atoms with Crippen LogP contribution in [0, 0.1) is 29.0 Å². The summed E-state index contributed by atoms with van der Waals surface area (Å²) < 4.78 is 13.0. The van der Waals surface area contributed by atoms with Gasteiger partial charge in [-0.15, -0.1) is 0 Å². The van der Waals surface area contributed by atoms with Crippen LogP contribution in [0.15, 0.2) is 12.4 Å². The van der Waals surface area contributed by atoms with E-state index < -0.39 is 5.82 Å². The van der Waals surface area contributed by atoms with E-state index in [0.717, 1.165) is 76.3 Å². The third kappa shape index (κ3) is 3.49. The maximum Gasteiger partial charge on any atom is 0.226 e. The average Bonchev–Trinajstić information content (AvgIpc) is 2.68. The van der Waals surface area contributed by atoms with Gasteiger partial charge in [0.15, 0.2) is 5.82 Å². The minimum atomic E-state index is -0.405. The first-order chi connectivity index (χ1) is 13.6. The number of nitrogens with one attached hydrogen (secondary N) is 1. The maximum atomic E-state index is 13.0. The average molecular weight is 388 g/mol. The number of carbonyl (C=O) groups excluding carboxylic acids is 1. The summed E-state index contributed by atoms with van der Waals surface area (Å²) in [5.41, 5.74) is -0.0482. The number of hydrogen-bond donors (Lipinski definition) is 1. The van der Waals surface area contributed by atoms with Crippen LogP contribution in [0.3, 0.4) is 0 Å². The Bertz CT molecular complexity index is 681. The van der Waals surface area contributed by atoms with Crippen molar-refractivity contribution in [3.8, 4) is 0 Å². The van der Waals surface area contributed by atoms with Gasteiger partial charge in [-0.05, 0) is 56.3 Å². The number of carbonyl (C=O) groups is 1. The van der Waals surface area contributed by atoms with Gasteiger partial charge in [0.25, 0.3) is 0 Å². The number of piperazine rings is 1. The zero-order valence-corrected chi connectivity index (χ0v) is 16.4. The third-order valence-corrected chi connectivity index (χ3v) is 7.50. The largest absolute Gasteiger partial charge is 0.354 e. The molecule has 152 valence electrons. The standard InChI is InChI=1S/C21H30FN5O/c22-18-13-24-20(25-14-18)27-5-3-26(4-6-27)2-1-23-19(28)21-10-15-7-16(11-21)9-17(8-15)12-21/h13-17H,1-12H2,(H,23,28). The normalized spacial score (nSPS) is 34.6. The highest BCUT2D eigenvalue weighted by atomic mass is 19.1. The smallest absolute Gasteiger partial charge is 0.226 e. The second kappa shape index (κ2) is 7.25. The van der Waals surface area contributed by atoms with Crippen LogP contribution in [0.25, 0.3) is 0 Å². The molecule has 2 heterocycles. The minimum Gasteiger partial charge on any atom is -0.354 e. The summed E-state index contributed by atoms with van der Waals surface area (Å²) in [6.07, 6.45) is 9.92. The Morgan fingerprint density at radius 1 is 1.04 bits per heavy atom. The van der Waals surface area contributed by atoms with Crippen molar-refractivity contribution in [1.82, 2.24) is 20.2 Å². The zero-order chi connectivity index (χ0) is 19.1. The Labute approximate surface area is 165 Å². The van der Waals surface area contributed by atoms with Gasteiger partial charge in [-0.3, -0.25) is 9.69 Å². The summed E-state index contributed by atoms with van der Waals surface area (Å²) in [5, 5.41) is 3.28. The SMILES string of the molecule is O=C(NCCN1CCN(c2ncc(F)cn2)CC1)C12CC3CC(CC(C3)C1)C2. The Hall–Kier alpha value is -1.76. The second-order valence-corrected chi connectivity index (χ2v) is 9.48. The number of aromatic nitrogens is 2. The van der Waals surface area contributed by atoms with Crippen molar-refractivity contribution >= 4 is 11.9 Å². The van der Waals surface area contributed by atoms with Crippen LogP contribution in [-0.4, -0.2) is 60.0 Å². The molecule has 4 bridgehead atoms. The molecule has 0 spiro atoms. The lowest BCUT2D eigenvalue weighted by Gasteiger charge is -2.55. The molecule has 0 atom stereocenters. The van der Waals surface area contributed by atoms with Crippen molar-refractivity contribution < 1.29 is 9.18 Å². The molecule has 1 aromatic rings. The Morgan fingerprint density at radius 2 is 1.61 bits per heavy atom. The molecule has 5 fully saturated rings. The van der Waals surface area contributed by atoms with Crippen LogP contribution in [0.1, 0.15) is 38.5 Å². The van der Waals surface area contributed by atoms with Gasteiger partial charge >= 0.3 is 0 Å². The lowest BCUT2D eigenvalue weighted by molar-refractivity contribution is -0.146. The summed E-state index contributed by atoms with van der Waals surface area (Å²) in [5.74, 6) is 2.93. The fourth-order valence-corrected chi connectivity index (χ4v) is 6.54. The number of halogens is 1. The van der Waals surface area contributed by atoms with E-state index in [1.807, 2.05) is 0 Å². The molecule has 4 saturated carbocycles. The second-order valence-electron chi connectivity index (χ2n) is 9.48. The third-order valence-electron chi connectivity index (χ3n) is 7.50. The van der Waals surface area contributed by atoms with Gasteiger partial charge in [0, 0.05) is 44.7 Å². The quantitative estimate of drug-likeness (QED) is 0.838. The molecule has 1 saturated heterocycles. The summed E-state index contributed by atoms with van der Waals surface area (Å²) in [6, 6.07) is 0. The summed E-state index contributed by atoms with van der Waals surface area (Å²) >= 11 is 0. The topological polar surface area (TPSA) is 61.4 Å². The van der Waals surface area contributed by atoms with Crippen LogP contribution >= 0.6 is 0 Å². The first-order valence-corrected chi connectivity index (χ1v) is 10.8. The van der Waals surface area contributed by atoms with Gasteiger partial charge in [-0.2, -0.15) is 0 Å². The highest BCUT2D eigenvalue weighted by molar-refractivity contribution is 5.83. The predicted octanol–water partition coefficient (Wildman–Crippen LogP) is 2.07. The molecule has 1 N–H and O–H groups in total. The lowest BCUT2D eigenvalue weighted by Crippen LogP contribution is -2.55. The van der Waals surface area contributed by atoms with Crippen molar-refractivity contribution in [3.05, 3.63) is 18.2 Å². The molecular weight excluding hydrogens is 357 g/mol. The molecule has 28 heavy (non-hydrogen) atoms. The number of hydrogen-bond acceptors (Lipinski definition) is 5. The molecule has 7 heteroatoms. The molecule has 0 unspecified atom stereocenters. The highest BCUT2D eigenvalue weighted by Gasteiger charge is 2.54. The number of rotatable bonds is 5. The van der Waals surface area contributed by atoms with E-state index in [-0.39, 0.29) is 5.41 Å². The molecule has 4 aliphatic carbocycles. The van der Waals surface area contributed by atoms with Crippen molar-refractivity contribution in [2.75, 3.05) is 44.2 Å². The number of amides is 1. The van der Waals surface area contributed by atoms with Crippen molar-refractivity contribution in [3.63, 3.8) is 0 Å². The molecule has 0 aromatic carbocycles. The molecule has 5 aliphatic rings. The van der Waals surface area contributed by atoms with E-state index >= 15 is 0 Å². The van der Waals surface area contributed by atoms with Gasteiger partial charge < -0.3 is 10.2 Å². The lowest BCUT2D eigenvalue weighted by atomic mass is 9.49. The molecule has 1 aromatic heterocycles. The van der Waals surface area contributed by atoms with E-state index in [1.54, 1.807) is 0 Å². The van der Waals surface area contributed by atoms with Crippen LogP contribution in [0.4, 0.5) is 10.3 Å². The first kappa shape index (κ1) is 18.3. The van der Waals surface area contributed by atoms with E-state index in [9.17, 15) is 9.18 Å². The van der Waals surface area contributed by atoms with Crippen LogP contribution < -0.4 is 10.2 Å². The predicted molar refractivity (Wildman–Crippen MR) is 104 cm³/mol. The van der Waals surface area contributed by atoms with Gasteiger partial charge in [0.2, 0.25) is 11.9 Å². The Morgan fingerprint density at radius 3 is 2.18 bits per heavy atom. The van der Waals surface area contributed by atoms with Gasteiger partial charge in [-0.25, -0.2) is 14.4 Å². The minimum absolute atomic E-state index is 0.0482. The highest BCUT2D eigenvalue weighted by Crippen LogP contribution is 2.60. The molecule has 0 radical (unpaired) electrons. The molecule has 1 amide bonds. The van der Waals surface area contributed by atoms with Crippen LogP contribution in [0.5, 0.6) is 0 Å². The monoisotopic (exact) mass is 387 g/mol. The van der Waals surface area contributed by atoms with Crippen molar-refractivity contribution in [2.24, 2.45) is 23.2 Å². The van der Waals surface area contributed by atoms with Crippen LogP contribution in [-0.2, 0) is 4.79 Å².